The van der Waals surface area contributed by atoms with E-state index in [1.54, 1.807) is 0 Å². The van der Waals surface area contributed by atoms with Gasteiger partial charge in [0, 0.05) is 11.5 Å². The number of hydrogen-bond donors (Lipinski definition) is 9. The van der Waals surface area contributed by atoms with Crippen molar-refractivity contribution >= 4 is 48.9 Å². The van der Waals surface area contributed by atoms with E-state index in [1.165, 1.54) is 0 Å². The maximum absolute atomic E-state index is 12.0. The fourth-order valence-electron chi connectivity index (χ4n) is 1.48. The number of carbonyl (C=O) groups excluding carboxylic acids is 3. The number of aliphatic carboxylic acids is 1. The van der Waals surface area contributed by atoms with E-state index in [4.69, 9.17) is 10.8 Å². The minimum Gasteiger partial charge on any atom is -0.480 e. The zero-order chi connectivity index (χ0) is 19.6. The van der Waals surface area contributed by atoms with Crippen LogP contribution < -0.4 is 21.7 Å². The second kappa shape index (κ2) is 11.9. The molecular formula is C12H22N4O7S2. The molecule has 144 valence electrons. The molecule has 11 nitrogen and oxygen atoms in total. The van der Waals surface area contributed by atoms with E-state index in [9.17, 15) is 29.4 Å². The summed E-state index contributed by atoms with van der Waals surface area (Å²) in [5.74, 6) is -4.21. The van der Waals surface area contributed by atoms with Crippen LogP contribution in [0.1, 0.15) is 0 Å². The number of nitrogens with two attached hydrogens (primary N) is 1. The Morgan fingerprint density at radius 3 is 1.52 bits per heavy atom. The molecule has 0 saturated heterocycles. The number of amides is 3. The van der Waals surface area contributed by atoms with Gasteiger partial charge >= 0.3 is 5.97 Å². The molecule has 8 N–H and O–H groups in total. The predicted molar refractivity (Wildman–Crippen MR) is 93.3 cm³/mol. The van der Waals surface area contributed by atoms with Gasteiger partial charge in [-0.15, -0.1) is 0 Å². The quantitative estimate of drug-likeness (QED) is 0.156. The van der Waals surface area contributed by atoms with Crippen molar-refractivity contribution in [3.05, 3.63) is 0 Å². The molecule has 13 heteroatoms. The molecule has 0 aliphatic carbocycles. The molecule has 4 atom stereocenters. The highest BCUT2D eigenvalue weighted by molar-refractivity contribution is 7.80. The first-order valence-electron chi connectivity index (χ1n) is 7.04. The zero-order valence-corrected chi connectivity index (χ0v) is 14.9. The molecule has 0 bridgehead atoms. The fourth-order valence-corrected chi connectivity index (χ4v) is 1.89. The largest absolute Gasteiger partial charge is 0.480 e. The zero-order valence-electron chi connectivity index (χ0n) is 13.1. The fraction of sp³-hybridized carbons (Fsp3) is 0.667. The molecule has 0 aromatic carbocycles. The predicted octanol–water partition coefficient (Wildman–Crippen LogP) is -4.30. The van der Waals surface area contributed by atoms with Crippen molar-refractivity contribution in [1.29, 1.82) is 0 Å². The Morgan fingerprint density at radius 1 is 0.800 bits per heavy atom. The molecular weight excluding hydrogens is 376 g/mol. The van der Waals surface area contributed by atoms with Crippen molar-refractivity contribution in [2.75, 3.05) is 24.7 Å². The molecule has 25 heavy (non-hydrogen) atoms. The van der Waals surface area contributed by atoms with Gasteiger partial charge in [-0.05, 0) is 0 Å². The summed E-state index contributed by atoms with van der Waals surface area (Å²) in [5.41, 5.74) is 5.43. The van der Waals surface area contributed by atoms with Gasteiger partial charge < -0.3 is 37.0 Å². The molecule has 0 aliphatic rings. The van der Waals surface area contributed by atoms with Gasteiger partial charge in [-0.2, -0.15) is 25.3 Å². The average Bonchev–Trinajstić information content (AvgIpc) is 2.59. The van der Waals surface area contributed by atoms with E-state index in [1.807, 2.05) is 0 Å². The number of carbonyl (C=O) groups is 4. The first kappa shape index (κ1) is 23.5. The van der Waals surface area contributed by atoms with Crippen LogP contribution in [0, 0.1) is 0 Å². The van der Waals surface area contributed by atoms with Crippen LogP contribution in [-0.4, -0.2) is 87.9 Å². The summed E-state index contributed by atoms with van der Waals surface area (Å²) in [6.07, 6.45) is 0. The number of thiol groups is 2. The Morgan fingerprint density at radius 2 is 1.20 bits per heavy atom. The first-order valence-corrected chi connectivity index (χ1v) is 8.31. The number of carboxylic acid groups (broad SMARTS) is 1. The van der Waals surface area contributed by atoms with Crippen LogP contribution in [0.2, 0.25) is 0 Å². The number of hydrogen-bond acceptors (Lipinski definition) is 9. The smallest absolute Gasteiger partial charge is 0.327 e. The minimum atomic E-state index is -1.49. The molecule has 0 saturated carbocycles. The highest BCUT2D eigenvalue weighted by Gasteiger charge is 2.29. The number of carboxylic acids is 1. The summed E-state index contributed by atoms with van der Waals surface area (Å²) in [6.45, 7) is -1.62. The molecule has 0 fully saturated rings. The Kier molecular flexibility index (Phi) is 11.2. The van der Waals surface area contributed by atoms with Crippen molar-refractivity contribution in [3.63, 3.8) is 0 Å². The maximum atomic E-state index is 12.0. The molecule has 0 heterocycles. The molecule has 0 rings (SSSR count). The Balaban J connectivity index is 4.86. The lowest BCUT2D eigenvalue weighted by Gasteiger charge is -2.22. The van der Waals surface area contributed by atoms with Crippen molar-refractivity contribution < 1.29 is 34.5 Å². The minimum absolute atomic E-state index is 0.00752. The molecule has 0 aliphatic heterocycles. The highest BCUT2D eigenvalue weighted by atomic mass is 32.1. The topological polar surface area (TPSA) is 191 Å². The summed E-state index contributed by atoms with van der Waals surface area (Å²) in [4.78, 5) is 46.4. The number of nitrogens with one attached hydrogen (secondary N) is 3. The van der Waals surface area contributed by atoms with Crippen molar-refractivity contribution in [2.45, 2.75) is 24.2 Å². The van der Waals surface area contributed by atoms with Gasteiger partial charge in [0.05, 0.1) is 19.3 Å². The van der Waals surface area contributed by atoms with Crippen LogP contribution in [-0.2, 0) is 19.2 Å². The van der Waals surface area contributed by atoms with E-state index >= 15 is 0 Å². The number of rotatable bonds is 11. The van der Waals surface area contributed by atoms with Crippen molar-refractivity contribution in [1.82, 2.24) is 16.0 Å². The van der Waals surface area contributed by atoms with E-state index < -0.39 is 61.1 Å². The Labute approximate surface area is 154 Å². The van der Waals surface area contributed by atoms with Gasteiger partial charge in [0.25, 0.3) is 0 Å². The normalized spacial score (nSPS) is 15.4. The maximum Gasteiger partial charge on any atom is 0.327 e. The number of aliphatic hydroxyl groups is 2. The Bertz CT molecular complexity index is 494. The molecule has 0 spiro atoms. The van der Waals surface area contributed by atoms with E-state index in [2.05, 4.69) is 41.2 Å². The van der Waals surface area contributed by atoms with Crippen LogP contribution in [0.25, 0.3) is 0 Å². The molecule has 0 aromatic heterocycles. The van der Waals surface area contributed by atoms with E-state index in [0.29, 0.717) is 0 Å². The average molecular weight is 398 g/mol. The SMILES string of the molecule is N[C@@H](CS)C(=O)N[C@@H](CO)C(=O)N[C@@H](CO)C(=O)N[C@@H](CS)C(=O)O. The summed E-state index contributed by atoms with van der Waals surface area (Å²) in [5, 5.41) is 33.6. The third-order valence-corrected chi connectivity index (χ3v) is 3.72. The number of aliphatic hydroxyl groups excluding tert-OH is 2. The highest BCUT2D eigenvalue weighted by Crippen LogP contribution is 1.94. The van der Waals surface area contributed by atoms with Gasteiger partial charge in [0.15, 0.2) is 0 Å². The lowest BCUT2D eigenvalue weighted by molar-refractivity contribution is -0.142. The Hall–Kier alpha value is -1.54. The monoisotopic (exact) mass is 398 g/mol. The second-order valence-corrected chi connectivity index (χ2v) is 5.59. The first-order chi connectivity index (χ1) is 11.7. The second-order valence-electron chi connectivity index (χ2n) is 4.86. The van der Waals surface area contributed by atoms with E-state index in [0.717, 1.165) is 0 Å². The summed E-state index contributed by atoms with van der Waals surface area (Å²) < 4.78 is 0. The van der Waals surface area contributed by atoms with Gasteiger partial charge in [0.2, 0.25) is 17.7 Å². The molecule has 3 amide bonds. The van der Waals surface area contributed by atoms with Crippen LogP contribution in [0.3, 0.4) is 0 Å². The van der Waals surface area contributed by atoms with Crippen molar-refractivity contribution in [3.8, 4) is 0 Å². The third-order valence-electron chi connectivity index (χ3n) is 2.96. The summed E-state index contributed by atoms with van der Waals surface area (Å²) >= 11 is 7.59. The van der Waals surface area contributed by atoms with Gasteiger partial charge in [-0.1, -0.05) is 0 Å². The van der Waals surface area contributed by atoms with Crippen molar-refractivity contribution in [2.24, 2.45) is 5.73 Å². The van der Waals surface area contributed by atoms with Crippen LogP contribution in [0.4, 0.5) is 0 Å². The summed E-state index contributed by atoms with van der Waals surface area (Å²) in [7, 11) is 0. The van der Waals surface area contributed by atoms with Crippen LogP contribution in [0.5, 0.6) is 0 Å². The lowest BCUT2D eigenvalue weighted by atomic mass is 10.2. The molecule has 0 radical (unpaired) electrons. The van der Waals surface area contributed by atoms with Gasteiger partial charge in [-0.25, -0.2) is 4.79 Å². The standard InChI is InChI=1S/C12H22N4O7S2/c13-5(3-24)9(19)14-6(1-17)10(20)15-7(2-18)11(21)16-8(4-25)12(22)23/h5-8,17-18,24-25H,1-4,13H2,(H,14,19)(H,15,20)(H,16,21)(H,22,23)/t5-,6-,7-,8-/m0/s1. The summed E-state index contributed by atoms with van der Waals surface area (Å²) in [6, 6.07) is -5.23. The lowest BCUT2D eigenvalue weighted by Crippen LogP contribution is -2.59. The molecule has 0 unspecified atom stereocenters. The van der Waals surface area contributed by atoms with E-state index in [-0.39, 0.29) is 11.5 Å². The third kappa shape index (κ3) is 7.92. The molecule has 0 aromatic rings. The van der Waals surface area contributed by atoms with Crippen LogP contribution >= 0.6 is 25.3 Å². The van der Waals surface area contributed by atoms with Gasteiger partial charge in [0.1, 0.15) is 18.1 Å². The van der Waals surface area contributed by atoms with Crippen LogP contribution in [0.15, 0.2) is 0 Å². The van der Waals surface area contributed by atoms with Gasteiger partial charge in [-0.3, -0.25) is 14.4 Å².